The van der Waals surface area contributed by atoms with Gasteiger partial charge < -0.3 is 31.1 Å². The minimum Gasteiger partial charge on any atom is -0.387 e. The maximum absolute atomic E-state index is 12.7. The van der Waals surface area contributed by atoms with E-state index in [4.69, 9.17) is 5.73 Å². The van der Waals surface area contributed by atoms with Crippen molar-refractivity contribution in [3.63, 3.8) is 0 Å². The van der Waals surface area contributed by atoms with E-state index >= 15 is 0 Å². The van der Waals surface area contributed by atoms with Crippen molar-refractivity contribution in [1.82, 2.24) is 4.90 Å². The molecule has 0 saturated heterocycles. The van der Waals surface area contributed by atoms with E-state index in [0.29, 0.717) is 13.1 Å². The molecule has 8 heteroatoms. The molecule has 178 valence electrons. The van der Waals surface area contributed by atoms with Crippen molar-refractivity contribution >= 4 is 11.8 Å². The lowest BCUT2D eigenvalue weighted by Gasteiger charge is -2.30. The molecule has 0 rings (SSSR count). The summed E-state index contributed by atoms with van der Waals surface area (Å²) < 4.78 is 0. The van der Waals surface area contributed by atoms with Crippen LogP contribution in [0.1, 0.15) is 90.9 Å². The van der Waals surface area contributed by atoms with Crippen LogP contribution in [-0.4, -0.2) is 74.6 Å². The third-order valence-electron chi connectivity index (χ3n) is 5.42. The Kier molecular flexibility index (Phi) is 16.7. The lowest BCUT2D eigenvalue weighted by atomic mass is 10.0. The Balaban J connectivity index is 4.76. The van der Waals surface area contributed by atoms with Crippen LogP contribution in [0.2, 0.25) is 0 Å². The van der Waals surface area contributed by atoms with E-state index in [2.05, 4.69) is 13.8 Å². The van der Waals surface area contributed by atoms with Crippen LogP contribution < -0.4 is 5.73 Å². The van der Waals surface area contributed by atoms with Gasteiger partial charge in [-0.3, -0.25) is 9.59 Å². The van der Waals surface area contributed by atoms with Gasteiger partial charge in [0.15, 0.2) is 12.2 Å². The smallest absolute Gasteiger partial charge is 0.254 e. The first-order valence-electron chi connectivity index (χ1n) is 11.6. The summed E-state index contributed by atoms with van der Waals surface area (Å²) in [5.41, 5.74) is 4.91. The minimum absolute atomic E-state index is 0.457. The molecule has 2 amide bonds. The molecule has 8 nitrogen and oxygen atoms in total. The molecule has 0 spiro atoms. The molecule has 0 bridgehead atoms. The highest BCUT2D eigenvalue weighted by Gasteiger charge is 2.38. The molecule has 0 aliphatic carbocycles. The Bertz CT molecular complexity index is 447. The van der Waals surface area contributed by atoms with Crippen LogP contribution in [-0.2, 0) is 9.59 Å². The molecule has 0 aromatic rings. The number of hydrogen-bond donors (Lipinski definition) is 5. The van der Waals surface area contributed by atoms with Crippen molar-refractivity contribution in [3.05, 3.63) is 0 Å². The standard InChI is InChI=1S/C22H44N2O6/c1-3-5-7-9-11-13-15-24(16-14-12-10-8-6-4-2)22(30)20(28)18(26)17(25)19(27)21(23)29/h17-20,25-28H,3-16H2,1-2H3,(H2,23,29)/t17-,18-,19-,20+/m0/s1. The highest BCUT2D eigenvalue weighted by molar-refractivity contribution is 5.82. The summed E-state index contributed by atoms with van der Waals surface area (Å²) in [6.45, 7) is 5.21. The quantitative estimate of drug-likeness (QED) is 0.195. The predicted molar refractivity (Wildman–Crippen MR) is 117 cm³/mol. The Morgan fingerprint density at radius 2 is 1.03 bits per heavy atom. The largest absolute Gasteiger partial charge is 0.387 e. The molecule has 0 aromatic heterocycles. The van der Waals surface area contributed by atoms with Gasteiger partial charge >= 0.3 is 0 Å². The predicted octanol–water partition coefficient (Wildman–Crippen LogP) is 1.46. The molecule has 0 aliphatic heterocycles. The van der Waals surface area contributed by atoms with Crippen LogP contribution in [0, 0.1) is 0 Å². The van der Waals surface area contributed by atoms with Crippen molar-refractivity contribution in [2.45, 2.75) is 115 Å². The van der Waals surface area contributed by atoms with Gasteiger partial charge in [-0.05, 0) is 12.8 Å². The minimum atomic E-state index is -2.06. The Morgan fingerprint density at radius 1 is 0.667 bits per heavy atom. The number of aliphatic hydroxyl groups is 4. The van der Waals surface area contributed by atoms with Gasteiger partial charge in [0.05, 0.1) is 0 Å². The first-order valence-corrected chi connectivity index (χ1v) is 11.6. The first-order chi connectivity index (χ1) is 14.3. The van der Waals surface area contributed by atoms with Crippen LogP contribution in [0.5, 0.6) is 0 Å². The van der Waals surface area contributed by atoms with E-state index in [1.54, 1.807) is 0 Å². The van der Waals surface area contributed by atoms with E-state index in [0.717, 1.165) is 64.2 Å². The molecular weight excluding hydrogens is 388 g/mol. The maximum atomic E-state index is 12.7. The maximum Gasteiger partial charge on any atom is 0.254 e. The van der Waals surface area contributed by atoms with E-state index in [1.807, 2.05) is 0 Å². The fourth-order valence-corrected chi connectivity index (χ4v) is 3.37. The summed E-state index contributed by atoms with van der Waals surface area (Å²) in [6.07, 6.45) is 4.66. The zero-order chi connectivity index (χ0) is 22.9. The number of primary amides is 1. The number of hydrogen-bond acceptors (Lipinski definition) is 6. The molecule has 0 fully saturated rings. The summed E-state index contributed by atoms with van der Waals surface area (Å²) in [6, 6.07) is 0. The lowest BCUT2D eigenvalue weighted by Crippen LogP contribution is -2.54. The van der Waals surface area contributed by atoms with Crippen molar-refractivity contribution in [1.29, 1.82) is 0 Å². The molecule has 6 N–H and O–H groups in total. The Hall–Kier alpha value is -1.22. The molecule has 0 unspecified atom stereocenters. The van der Waals surface area contributed by atoms with Crippen molar-refractivity contribution in [2.75, 3.05) is 13.1 Å². The molecule has 30 heavy (non-hydrogen) atoms. The van der Waals surface area contributed by atoms with Crippen LogP contribution in [0.4, 0.5) is 0 Å². The zero-order valence-electron chi connectivity index (χ0n) is 18.8. The number of unbranched alkanes of at least 4 members (excludes halogenated alkanes) is 10. The molecule has 0 aliphatic rings. The molecular formula is C22H44N2O6. The average Bonchev–Trinajstić information content (AvgIpc) is 2.74. The van der Waals surface area contributed by atoms with E-state index in [1.165, 1.54) is 17.7 Å². The van der Waals surface area contributed by atoms with Gasteiger partial charge in [-0.15, -0.1) is 0 Å². The number of carbonyl (C=O) groups excluding carboxylic acids is 2. The summed E-state index contributed by atoms with van der Waals surface area (Å²) >= 11 is 0. The fourth-order valence-electron chi connectivity index (χ4n) is 3.37. The second-order valence-corrected chi connectivity index (χ2v) is 8.13. The van der Waals surface area contributed by atoms with Gasteiger partial charge in [0.25, 0.3) is 5.91 Å². The number of nitrogens with two attached hydrogens (primary N) is 1. The SMILES string of the molecule is CCCCCCCCN(CCCCCCCC)C(=O)[C@H](O)[C@@H](O)[C@H](O)[C@H](O)C(N)=O. The third kappa shape index (κ3) is 11.8. The lowest BCUT2D eigenvalue weighted by molar-refractivity contribution is -0.160. The number of rotatable bonds is 19. The third-order valence-corrected chi connectivity index (χ3v) is 5.42. The highest BCUT2D eigenvalue weighted by atomic mass is 16.4. The van der Waals surface area contributed by atoms with Crippen LogP contribution >= 0.6 is 0 Å². The van der Waals surface area contributed by atoms with Crippen molar-refractivity contribution in [3.8, 4) is 0 Å². The first kappa shape index (κ1) is 28.8. The van der Waals surface area contributed by atoms with E-state index < -0.39 is 36.2 Å². The monoisotopic (exact) mass is 432 g/mol. The van der Waals surface area contributed by atoms with Gasteiger partial charge in [0, 0.05) is 13.1 Å². The number of amides is 2. The van der Waals surface area contributed by atoms with Gasteiger partial charge in [-0.25, -0.2) is 0 Å². The summed E-state index contributed by atoms with van der Waals surface area (Å²) in [5, 5.41) is 39.6. The zero-order valence-corrected chi connectivity index (χ0v) is 18.8. The number of aliphatic hydroxyl groups excluding tert-OH is 4. The number of carbonyl (C=O) groups is 2. The fraction of sp³-hybridized carbons (Fsp3) is 0.909. The summed E-state index contributed by atoms with van der Waals surface area (Å²) in [5.74, 6) is -1.95. The summed E-state index contributed by atoms with van der Waals surface area (Å²) in [7, 11) is 0. The van der Waals surface area contributed by atoms with Gasteiger partial charge in [-0.1, -0.05) is 78.1 Å². The van der Waals surface area contributed by atoms with Gasteiger partial charge in [-0.2, -0.15) is 0 Å². The van der Waals surface area contributed by atoms with Crippen molar-refractivity contribution < 1.29 is 30.0 Å². The second kappa shape index (κ2) is 17.5. The topological polar surface area (TPSA) is 144 Å². The van der Waals surface area contributed by atoms with Crippen LogP contribution in [0.3, 0.4) is 0 Å². The average molecular weight is 433 g/mol. The van der Waals surface area contributed by atoms with Crippen LogP contribution in [0.25, 0.3) is 0 Å². The Labute approximate surface area is 181 Å². The molecule has 0 saturated carbocycles. The van der Waals surface area contributed by atoms with Gasteiger partial charge in [0.1, 0.15) is 12.2 Å². The Morgan fingerprint density at radius 3 is 1.43 bits per heavy atom. The molecule has 0 aromatic carbocycles. The van der Waals surface area contributed by atoms with E-state index in [9.17, 15) is 30.0 Å². The molecule has 0 heterocycles. The normalized spacial score (nSPS) is 15.4. The van der Waals surface area contributed by atoms with E-state index in [-0.39, 0.29) is 0 Å². The summed E-state index contributed by atoms with van der Waals surface area (Å²) in [4.78, 5) is 25.2. The second-order valence-electron chi connectivity index (χ2n) is 8.13. The van der Waals surface area contributed by atoms with Crippen molar-refractivity contribution in [2.24, 2.45) is 5.73 Å². The highest BCUT2D eigenvalue weighted by Crippen LogP contribution is 2.13. The van der Waals surface area contributed by atoms with Gasteiger partial charge in [0.2, 0.25) is 5.91 Å². The molecule has 4 atom stereocenters. The van der Waals surface area contributed by atoms with Crippen LogP contribution in [0.15, 0.2) is 0 Å². The number of nitrogens with zero attached hydrogens (tertiary/aromatic N) is 1. The molecule has 0 radical (unpaired) electrons.